The zero-order valence-corrected chi connectivity index (χ0v) is 11.1. The molecule has 1 aliphatic rings. The highest BCUT2D eigenvalue weighted by Gasteiger charge is 2.25. The Morgan fingerprint density at radius 2 is 2.16 bits per heavy atom. The first-order chi connectivity index (χ1) is 8.99. The number of amides is 1. The molecule has 2 rings (SSSR count). The number of carbonyl (C=O) groups is 2. The summed E-state index contributed by atoms with van der Waals surface area (Å²) in [5.41, 5.74) is 0. The molecule has 19 heavy (non-hydrogen) atoms. The Labute approximate surface area is 111 Å². The fourth-order valence-corrected chi connectivity index (χ4v) is 2.36. The third-order valence-corrected chi connectivity index (χ3v) is 3.53. The monoisotopic (exact) mass is 266 g/mol. The van der Waals surface area contributed by atoms with Crippen LogP contribution in [0.4, 0.5) is 0 Å². The molecule has 1 amide bonds. The largest absolute Gasteiger partial charge is 0.475 e. The molecule has 1 saturated heterocycles. The molecule has 1 aromatic rings. The fourth-order valence-electron chi connectivity index (χ4n) is 2.36. The highest BCUT2D eigenvalue weighted by Crippen LogP contribution is 2.17. The van der Waals surface area contributed by atoms with E-state index < -0.39 is 5.97 Å². The molecule has 6 heteroatoms. The van der Waals surface area contributed by atoms with Gasteiger partial charge in [0.25, 0.3) is 5.91 Å². The molecular weight excluding hydrogens is 248 g/mol. The minimum absolute atomic E-state index is 0.0700. The molecule has 0 aliphatic carbocycles. The van der Waals surface area contributed by atoms with Gasteiger partial charge in [-0.1, -0.05) is 0 Å². The average Bonchev–Trinajstić information content (AvgIpc) is 2.98. The predicted octanol–water partition coefficient (Wildman–Crippen LogP) is 1.14. The van der Waals surface area contributed by atoms with Gasteiger partial charge < -0.3 is 19.3 Å². The van der Waals surface area contributed by atoms with E-state index in [9.17, 15) is 9.59 Å². The van der Waals surface area contributed by atoms with E-state index >= 15 is 0 Å². The molecule has 104 valence electrons. The lowest BCUT2D eigenvalue weighted by atomic mass is 10.2. The smallest absolute Gasteiger partial charge is 0.371 e. The summed E-state index contributed by atoms with van der Waals surface area (Å²) in [6, 6.07) is 3.06. The number of aromatic carboxylic acids is 1. The summed E-state index contributed by atoms with van der Waals surface area (Å²) in [6.45, 7) is 1.68. The predicted molar refractivity (Wildman–Crippen MR) is 68.3 cm³/mol. The number of likely N-dealkylation sites (N-methyl/N-ethyl adjacent to an activating group) is 2. The number of hydrogen-bond acceptors (Lipinski definition) is 4. The lowest BCUT2D eigenvalue weighted by Crippen LogP contribution is -2.39. The molecule has 0 bridgehead atoms. The summed E-state index contributed by atoms with van der Waals surface area (Å²) in [5.74, 6) is -1.60. The lowest BCUT2D eigenvalue weighted by molar-refractivity contribution is 0.0650. The van der Waals surface area contributed by atoms with Crippen molar-refractivity contribution in [1.82, 2.24) is 9.80 Å². The molecule has 1 N–H and O–H groups in total. The summed E-state index contributed by atoms with van der Waals surface area (Å²) in [5, 5.41) is 8.76. The van der Waals surface area contributed by atoms with Crippen molar-refractivity contribution < 1.29 is 19.1 Å². The molecular formula is C13H18N2O4. The first-order valence-electron chi connectivity index (χ1n) is 6.28. The second-order valence-electron chi connectivity index (χ2n) is 4.93. The third kappa shape index (κ3) is 2.96. The van der Waals surface area contributed by atoms with E-state index in [1.807, 2.05) is 7.05 Å². The maximum Gasteiger partial charge on any atom is 0.371 e. The van der Waals surface area contributed by atoms with Crippen molar-refractivity contribution >= 4 is 11.9 Å². The number of nitrogens with zero attached hydrogens (tertiary/aromatic N) is 2. The molecule has 1 aromatic heterocycles. The van der Waals surface area contributed by atoms with Gasteiger partial charge in [-0.25, -0.2) is 4.79 Å². The van der Waals surface area contributed by atoms with Gasteiger partial charge in [-0.2, -0.15) is 0 Å². The number of carboxylic acids is 1. The van der Waals surface area contributed by atoms with Crippen LogP contribution in [0.3, 0.4) is 0 Å². The lowest BCUT2D eigenvalue weighted by Gasteiger charge is -2.25. The SMILES string of the molecule is CN(CC1CCCN1C)C(=O)c1ccc(C(=O)O)o1. The van der Waals surface area contributed by atoms with Crippen LogP contribution < -0.4 is 0 Å². The van der Waals surface area contributed by atoms with Crippen molar-refractivity contribution in [3.63, 3.8) is 0 Å². The molecule has 0 radical (unpaired) electrons. The topological polar surface area (TPSA) is 74.0 Å². The van der Waals surface area contributed by atoms with Crippen LogP contribution in [0.1, 0.15) is 34.0 Å². The van der Waals surface area contributed by atoms with Gasteiger partial charge in [0.05, 0.1) is 0 Å². The first kappa shape index (κ1) is 13.6. The van der Waals surface area contributed by atoms with E-state index in [1.165, 1.54) is 12.1 Å². The van der Waals surface area contributed by atoms with E-state index in [4.69, 9.17) is 9.52 Å². The normalized spacial score (nSPS) is 19.6. The standard InChI is InChI=1S/C13H18N2O4/c1-14-7-3-4-9(14)8-15(2)12(16)10-5-6-11(19-10)13(17)18/h5-6,9H,3-4,7-8H2,1-2H3,(H,17,18). The summed E-state index contributed by atoms with van der Waals surface area (Å²) >= 11 is 0. The minimum Gasteiger partial charge on any atom is -0.475 e. The average molecular weight is 266 g/mol. The molecule has 2 heterocycles. The van der Waals surface area contributed by atoms with Crippen molar-refractivity contribution in [2.75, 3.05) is 27.2 Å². The number of rotatable bonds is 4. The quantitative estimate of drug-likeness (QED) is 0.884. The van der Waals surface area contributed by atoms with E-state index in [0.29, 0.717) is 12.6 Å². The number of likely N-dealkylation sites (tertiary alicyclic amines) is 1. The number of carboxylic acid groups (broad SMARTS) is 1. The summed E-state index contributed by atoms with van der Waals surface area (Å²) in [7, 11) is 3.75. The Morgan fingerprint density at radius 1 is 1.47 bits per heavy atom. The molecule has 0 aromatic carbocycles. The van der Waals surface area contributed by atoms with Crippen LogP contribution in [0.2, 0.25) is 0 Å². The molecule has 6 nitrogen and oxygen atoms in total. The third-order valence-electron chi connectivity index (χ3n) is 3.53. The molecule has 0 saturated carbocycles. The van der Waals surface area contributed by atoms with Gasteiger partial charge in [0.1, 0.15) is 0 Å². The molecule has 1 aliphatic heterocycles. The van der Waals surface area contributed by atoms with E-state index in [0.717, 1.165) is 19.4 Å². The Balaban J connectivity index is 1.99. The van der Waals surface area contributed by atoms with Crippen LogP contribution in [0.25, 0.3) is 0 Å². The maximum atomic E-state index is 12.1. The van der Waals surface area contributed by atoms with E-state index in [2.05, 4.69) is 4.90 Å². The number of furan rings is 1. The van der Waals surface area contributed by atoms with Gasteiger partial charge in [-0.3, -0.25) is 4.79 Å². The van der Waals surface area contributed by atoms with Gasteiger partial charge >= 0.3 is 5.97 Å². The second kappa shape index (κ2) is 5.44. The highest BCUT2D eigenvalue weighted by atomic mass is 16.4. The number of hydrogen-bond donors (Lipinski definition) is 1. The number of carbonyl (C=O) groups excluding carboxylic acids is 1. The van der Waals surface area contributed by atoms with Crippen LogP contribution in [0.15, 0.2) is 16.5 Å². The summed E-state index contributed by atoms with van der Waals surface area (Å²) in [4.78, 5) is 26.6. The molecule has 1 unspecified atom stereocenters. The zero-order chi connectivity index (χ0) is 14.0. The van der Waals surface area contributed by atoms with Crippen LogP contribution in [-0.2, 0) is 0 Å². The molecule has 1 fully saturated rings. The van der Waals surface area contributed by atoms with Crippen LogP contribution in [-0.4, -0.2) is 60.0 Å². The van der Waals surface area contributed by atoms with E-state index in [-0.39, 0.29) is 17.4 Å². The Bertz CT molecular complexity index is 483. The van der Waals surface area contributed by atoms with Crippen LogP contribution in [0.5, 0.6) is 0 Å². The minimum atomic E-state index is -1.17. The van der Waals surface area contributed by atoms with Gasteiger partial charge in [-0.05, 0) is 38.6 Å². The van der Waals surface area contributed by atoms with Gasteiger partial charge in [-0.15, -0.1) is 0 Å². The Morgan fingerprint density at radius 3 is 2.68 bits per heavy atom. The van der Waals surface area contributed by atoms with Crippen molar-refractivity contribution in [2.45, 2.75) is 18.9 Å². The van der Waals surface area contributed by atoms with Gasteiger partial charge in [0.2, 0.25) is 5.76 Å². The van der Waals surface area contributed by atoms with E-state index in [1.54, 1.807) is 11.9 Å². The van der Waals surface area contributed by atoms with Crippen LogP contribution >= 0.6 is 0 Å². The van der Waals surface area contributed by atoms with Crippen molar-refractivity contribution in [1.29, 1.82) is 0 Å². The zero-order valence-electron chi connectivity index (χ0n) is 11.1. The first-order valence-corrected chi connectivity index (χ1v) is 6.28. The molecule has 0 spiro atoms. The Hall–Kier alpha value is -1.82. The maximum absolute atomic E-state index is 12.1. The van der Waals surface area contributed by atoms with Crippen molar-refractivity contribution in [3.8, 4) is 0 Å². The van der Waals surface area contributed by atoms with Gasteiger partial charge in [0, 0.05) is 19.6 Å². The second-order valence-corrected chi connectivity index (χ2v) is 4.93. The highest BCUT2D eigenvalue weighted by molar-refractivity contribution is 5.93. The fraction of sp³-hybridized carbons (Fsp3) is 0.538. The van der Waals surface area contributed by atoms with Crippen molar-refractivity contribution in [3.05, 3.63) is 23.7 Å². The summed E-state index contributed by atoms with van der Waals surface area (Å²) in [6.07, 6.45) is 2.22. The van der Waals surface area contributed by atoms with Gasteiger partial charge in [0.15, 0.2) is 5.76 Å². The Kier molecular flexibility index (Phi) is 3.90. The van der Waals surface area contributed by atoms with Crippen molar-refractivity contribution in [2.24, 2.45) is 0 Å². The summed E-state index contributed by atoms with van der Waals surface area (Å²) < 4.78 is 5.01. The van der Waals surface area contributed by atoms with Crippen LogP contribution in [0, 0.1) is 0 Å². The molecule has 1 atom stereocenters.